The first-order valence-electron chi connectivity index (χ1n) is 2.48. The Kier molecular flexibility index (Phi) is 1.91. The number of nitrogens with zero attached hydrogens (tertiary/aromatic N) is 1. The van der Waals surface area contributed by atoms with E-state index in [-0.39, 0.29) is 4.21 Å². The Morgan fingerprint density at radius 1 is 1.60 bits per heavy atom. The van der Waals surface area contributed by atoms with Gasteiger partial charge in [0.25, 0.3) is 0 Å². The third kappa shape index (κ3) is 1.27. The van der Waals surface area contributed by atoms with E-state index >= 15 is 0 Å². The molecule has 1 aromatic heterocycles. The van der Waals surface area contributed by atoms with E-state index in [1.165, 1.54) is 0 Å². The van der Waals surface area contributed by atoms with Gasteiger partial charge < -0.3 is 5.73 Å². The molecular formula is C4H6N2O2S2. The lowest BCUT2D eigenvalue weighted by Gasteiger charge is -1.78. The van der Waals surface area contributed by atoms with E-state index in [1.54, 1.807) is 6.92 Å². The van der Waals surface area contributed by atoms with Crippen LogP contribution < -0.4 is 5.73 Å². The fourth-order valence-electron chi connectivity index (χ4n) is 0.578. The second-order valence-corrected chi connectivity index (χ2v) is 3.99. The molecule has 10 heavy (non-hydrogen) atoms. The van der Waals surface area contributed by atoms with E-state index in [9.17, 15) is 8.42 Å². The molecule has 1 rings (SSSR count). The molecule has 1 heterocycles. The number of aromatic nitrogens is 1. The molecule has 0 spiro atoms. The van der Waals surface area contributed by atoms with Crippen molar-refractivity contribution in [3.05, 3.63) is 5.69 Å². The van der Waals surface area contributed by atoms with Crippen LogP contribution in [0.1, 0.15) is 5.69 Å². The standard InChI is InChI=1S/C4H6N2O2S2/c1-2-3(10(7)8)9-4(5)6-2/h10H,1H3,(H2,5,6). The third-order valence-corrected chi connectivity index (χ3v) is 3.12. The largest absolute Gasteiger partial charge is 0.375 e. The molecule has 0 fully saturated rings. The molecule has 0 aliphatic heterocycles. The average molecular weight is 178 g/mol. The highest BCUT2D eigenvalue weighted by Gasteiger charge is 2.05. The first-order chi connectivity index (χ1) is 4.61. The van der Waals surface area contributed by atoms with Crippen LogP contribution in [0.4, 0.5) is 5.13 Å². The van der Waals surface area contributed by atoms with Gasteiger partial charge in [0.2, 0.25) is 0 Å². The lowest BCUT2D eigenvalue weighted by molar-refractivity contribution is 0.615. The predicted molar refractivity (Wildman–Crippen MR) is 39.8 cm³/mol. The van der Waals surface area contributed by atoms with Crippen molar-refractivity contribution in [1.82, 2.24) is 4.98 Å². The van der Waals surface area contributed by atoms with Crippen molar-refractivity contribution in [1.29, 1.82) is 0 Å². The van der Waals surface area contributed by atoms with Crippen molar-refractivity contribution in [2.45, 2.75) is 11.1 Å². The molecule has 4 nitrogen and oxygen atoms in total. The van der Waals surface area contributed by atoms with Crippen LogP contribution in [0.2, 0.25) is 0 Å². The summed E-state index contributed by atoms with van der Waals surface area (Å²) in [6.45, 7) is 1.62. The number of thiol groups is 1. The van der Waals surface area contributed by atoms with Crippen LogP contribution in [0, 0.1) is 6.92 Å². The summed E-state index contributed by atoms with van der Waals surface area (Å²) in [5, 5.41) is 0.298. The second kappa shape index (κ2) is 2.55. The molecule has 56 valence electrons. The summed E-state index contributed by atoms with van der Waals surface area (Å²) in [6, 6.07) is 0. The highest BCUT2D eigenvalue weighted by Crippen LogP contribution is 2.20. The summed E-state index contributed by atoms with van der Waals surface area (Å²) in [4.78, 5) is 3.74. The predicted octanol–water partition coefficient (Wildman–Crippen LogP) is 0.00402. The molecule has 0 radical (unpaired) electrons. The monoisotopic (exact) mass is 178 g/mol. The molecule has 0 aliphatic carbocycles. The van der Waals surface area contributed by atoms with E-state index in [4.69, 9.17) is 5.73 Å². The maximum atomic E-state index is 10.4. The summed E-state index contributed by atoms with van der Waals surface area (Å²) in [5.74, 6) is 0. The molecule has 1 aromatic rings. The molecule has 0 bridgehead atoms. The minimum atomic E-state index is -2.52. The zero-order chi connectivity index (χ0) is 7.72. The Labute approximate surface area is 63.7 Å². The van der Waals surface area contributed by atoms with Gasteiger partial charge in [0.05, 0.1) is 5.69 Å². The Hall–Kier alpha value is -0.620. The highest BCUT2D eigenvalue weighted by atomic mass is 32.2. The van der Waals surface area contributed by atoms with E-state index < -0.39 is 10.7 Å². The third-order valence-electron chi connectivity index (χ3n) is 0.954. The second-order valence-electron chi connectivity index (χ2n) is 1.70. The maximum absolute atomic E-state index is 10.4. The van der Waals surface area contributed by atoms with Gasteiger partial charge in [-0.05, 0) is 6.92 Å². The van der Waals surface area contributed by atoms with Crippen LogP contribution in [0.15, 0.2) is 4.21 Å². The Morgan fingerprint density at radius 2 is 2.20 bits per heavy atom. The highest BCUT2D eigenvalue weighted by molar-refractivity contribution is 7.75. The van der Waals surface area contributed by atoms with E-state index in [1.807, 2.05) is 0 Å². The summed E-state index contributed by atoms with van der Waals surface area (Å²) in [5.41, 5.74) is 5.74. The van der Waals surface area contributed by atoms with Gasteiger partial charge in [0.1, 0.15) is 4.21 Å². The number of anilines is 1. The van der Waals surface area contributed by atoms with Crippen LogP contribution in [-0.4, -0.2) is 13.4 Å². The van der Waals surface area contributed by atoms with Crippen molar-refractivity contribution in [3.8, 4) is 0 Å². The van der Waals surface area contributed by atoms with E-state index in [2.05, 4.69) is 4.98 Å². The number of hydrogen-bond donors (Lipinski definition) is 2. The molecule has 6 heteroatoms. The van der Waals surface area contributed by atoms with Gasteiger partial charge in [0.15, 0.2) is 15.8 Å². The molecule has 2 N–H and O–H groups in total. The fraction of sp³-hybridized carbons (Fsp3) is 0.250. The van der Waals surface area contributed by atoms with E-state index in [0.717, 1.165) is 11.3 Å². The summed E-state index contributed by atoms with van der Waals surface area (Å²) in [6.07, 6.45) is 0. The molecular weight excluding hydrogens is 172 g/mol. The first-order valence-corrected chi connectivity index (χ1v) is 4.48. The van der Waals surface area contributed by atoms with Crippen LogP contribution in [0.25, 0.3) is 0 Å². The van der Waals surface area contributed by atoms with Gasteiger partial charge in [-0.1, -0.05) is 11.3 Å². The summed E-state index contributed by atoms with van der Waals surface area (Å²) >= 11 is 0.993. The fourth-order valence-corrected chi connectivity index (χ4v) is 2.05. The van der Waals surface area contributed by atoms with Gasteiger partial charge in [-0.2, -0.15) is 0 Å². The van der Waals surface area contributed by atoms with Crippen molar-refractivity contribution >= 4 is 27.2 Å². The molecule has 0 amide bonds. The Balaban J connectivity index is 3.28. The van der Waals surface area contributed by atoms with Gasteiger partial charge >= 0.3 is 0 Å². The van der Waals surface area contributed by atoms with Gasteiger partial charge in [-0.25, -0.2) is 13.4 Å². The van der Waals surface area contributed by atoms with Crippen molar-refractivity contribution in [2.24, 2.45) is 0 Å². The number of nitrogens with two attached hydrogens (primary N) is 1. The smallest absolute Gasteiger partial charge is 0.181 e. The number of rotatable bonds is 1. The summed E-state index contributed by atoms with van der Waals surface area (Å²) < 4.78 is 21.0. The minimum absolute atomic E-state index is 0.257. The van der Waals surface area contributed by atoms with Crippen molar-refractivity contribution < 1.29 is 8.42 Å². The SMILES string of the molecule is Cc1nc(N)sc1[SH](=O)=O. The Morgan fingerprint density at radius 3 is 2.40 bits per heavy atom. The quantitative estimate of drug-likeness (QED) is 0.594. The normalized spacial score (nSPS) is 10.6. The van der Waals surface area contributed by atoms with Gasteiger partial charge in [-0.15, -0.1) is 0 Å². The first kappa shape index (κ1) is 7.49. The lowest BCUT2D eigenvalue weighted by Crippen LogP contribution is -1.81. The zero-order valence-electron chi connectivity index (χ0n) is 5.20. The molecule has 0 unspecified atom stereocenters. The van der Waals surface area contributed by atoms with Crippen molar-refractivity contribution in [2.75, 3.05) is 5.73 Å². The number of thiazole rings is 1. The molecule has 0 saturated heterocycles. The molecule has 0 aliphatic rings. The van der Waals surface area contributed by atoms with Gasteiger partial charge in [0, 0.05) is 0 Å². The van der Waals surface area contributed by atoms with Gasteiger partial charge in [-0.3, -0.25) is 0 Å². The topological polar surface area (TPSA) is 73.0 Å². The van der Waals surface area contributed by atoms with Crippen LogP contribution >= 0.6 is 11.3 Å². The zero-order valence-corrected chi connectivity index (χ0v) is 6.91. The van der Waals surface area contributed by atoms with E-state index in [0.29, 0.717) is 10.8 Å². The molecule has 0 aromatic carbocycles. The number of hydrogen-bond acceptors (Lipinski definition) is 5. The number of nitrogen functional groups attached to an aromatic ring is 1. The lowest BCUT2D eigenvalue weighted by atomic mass is 10.6. The Bertz CT molecular complexity index is 307. The number of aryl methyl sites for hydroxylation is 1. The average Bonchev–Trinajstić information content (AvgIpc) is 2.10. The van der Waals surface area contributed by atoms with Crippen LogP contribution in [0.3, 0.4) is 0 Å². The molecule has 0 atom stereocenters. The van der Waals surface area contributed by atoms with Crippen LogP contribution in [-0.2, 0) is 10.7 Å². The van der Waals surface area contributed by atoms with Crippen LogP contribution in [0.5, 0.6) is 0 Å². The van der Waals surface area contributed by atoms with Crippen molar-refractivity contribution in [3.63, 3.8) is 0 Å². The summed E-state index contributed by atoms with van der Waals surface area (Å²) in [7, 11) is -2.52. The molecule has 0 saturated carbocycles. The minimum Gasteiger partial charge on any atom is -0.375 e. The maximum Gasteiger partial charge on any atom is 0.181 e.